The van der Waals surface area contributed by atoms with Crippen LogP contribution in [0, 0.1) is 0 Å². The van der Waals surface area contributed by atoms with Crippen molar-refractivity contribution in [3.63, 3.8) is 0 Å². The summed E-state index contributed by atoms with van der Waals surface area (Å²) in [5, 5.41) is 18.6. The molecule has 0 bridgehead atoms. The quantitative estimate of drug-likeness (QED) is 0.667. The summed E-state index contributed by atoms with van der Waals surface area (Å²) in [5.41, 5.74) is -0.565. The molecular weight excluding hydrogens is 294 g/mol. The average Bonchev–Trinajstić information content (AvgIpc) is 2.37. The maximum atomic E-state index is 12.1. The minimum atomic E-state index is -3.71. The van der Waals surface area contributed by atoms with Crippen LogP contribution in [-0.4, -0.2) is 36.7 Å². The molecule has 0 aliphatic carbocycles. The van der Waals surface area contributed by atoms with Gasteiger partial charge in [-0.25, -0.2) is 13.1 Å². The molecule has 0 saturated carbocycles. The number of carboxylic acids is 1. The van der Waals surface area contributed by atoms with Gasteiger partial charge < -0.3 is 10.2 Å². The van der Waals surface area contributed by atoms with E-state index in [2.05, 4.69) is 4.72 Å². The number of hydrogen-bond donors (Lipinski definition) is 3. The molecule has 1 rings (SSSR count). The summed E-state index contributed by atoms with van der Waals surface area (Å²) in [5.74, 6) is -0.973. The Morgan fingerprint density at radius 3 is 2.33 bits per heavy atom. The van der Waals surface area contributed by atoms with Gasteiger partial charge in [0.15, 0.2) is 0 Å². The van der Waals surface area contributed by atoms with Crippen molar-refractivity contribution in [2.24, 2.45) is 0 Å². The summed E-state index contributed by atoms with van der Waals surface area (Å²) in [7, 11) is -3.71. The molecule has 0 heterocycles. The molecular formula is C14H21NO5S. The van der Waals surface area contributed by atoms with E-state index in [1.807, 2.05) is 6.92 Å². The molecule has 21 heavy (non-hydrogen) atoms. The first-order valence-corrected chi connectivity index (χ1v) is 8.17. The molecule has 3 N–H and O–H groups in total. The van der Waals surface area contributed by atoms with Crippen molar-refractivity contribution in [3.05, 3.63) is 29.8 Å². The molecule has 118 valence electrons. The maximum Gasteiger partial charge on any atom is 0.307 e. The zero-order valence-electron chi connectivity index (χ0n) is 12.2. The van der Waals surface area contributed by atoms with Crippen LogP contribution >= 0.6 is 0 Å². The van der Waals surface area contributed by atoms with Crippen molar-refractivity contribution >= 4 is 16.0 Å². The minimum absolute atomic E-state index is 0.0453. The number of carbonyl (C=O) groups is 1. The molecule has 0 aliphatic rings. The lowest BCUT2D eigenvalue weighted by Crippen LogP contribution is -2.40. The predicted octanol–water partition coefficient (Wildman–Crippen LogP) is 1.14. The molecule has 1 aromatic rings. The van der Waals surface area contributed by atoms with Gasteiger partial charge in [0.05, 0.1) is 16.9 Å². The summed E-state index contributed by atoms with van der Waals surface area (Å²) in [6, 6.07) is 5.64. The molecule has 1 unspecified atom stereocenters. The highest BCUT2D eigenvalue weighted by atomic mass is 32.2. The zero-order chi connectivity index (χ0) is 16.1. The van der Waals surface area contributed by atoms with E-state index in [9.17, 15) is 18.3 Å². The van der Waals surface area contributed by atoms with Gasteiger partial charge in [-0.05, 0) is 31.0 Å². The molecule has 7 heteroatoms. The van der Waals surface area contributed by atoms with Gasteiger partial charge in [-0.3, -0.25) is 4.79 Å². The van der Waals surface area contributed by atoms with E-state index in [1.165, 1.54) is 24.3 Å². The Labute approximate surface area is 124 Å². The summed E-state index contributed by atoms with van der Waals surface area (Å²) in [6.07, 6.45) is 1.09. The maximum absolute atomic E-state index is 12.1. The fourth-order valence-corrected chi connectivity index (χ4v) is 3.08. The van der Waals surface area contributed by atoms with Gasteiger partial charge >= 0.3 is 5.97 Å². The first-order valence-electron chi connectivity index (χ1n) is 6.69. The van der Waals surface area contributed by atoms with Crippen LogP contribution in [0.5, 0.6) is 0 Å². The standard InChI is InChI=1S/C14H21NO5S/c1-3-8-14(2,18)10-15-21(19,20)12-6-4-11(5-7-12)9-13(16)17/h4-7,15,18H,3,8-10H2,1-2H3,(H,16,17). The van der Waals surface area contributed by atoms with Crippen LogP contribution < -0.4 is 4.72 Å². The van der Waals surface area contributed by atoms with Crippen LogP contribution in [0.25, 0.3) is 0 Å². The molecule has 1 atom stereocenters. The molecule has 0 fully saturated rings. The second-order valence-corrected chi connectivity index (χ2v) is 7.05. The Morgan fingerprint density at radius 2 is 1.86 bits per heavy atom. The Bertz CT molecular complexity index is 578. The lowest BCUT2D eigenvalue weighted by Gasteiger charge is -2.22. The van der Waals surface area contributed by atoms with Crippen LogP contribution in [0.4, 0.5) is 0 Å². The van der Waals surface area contributed by atoms with Crippen LogP contribution in [0.15, 0.2) is 29.2 Å². The second kappa shape index (κ2) is 7.02. The lowest BCUT2D eigenvalue weighted by molar-refractivity contribution is -0.136. The van der Waals surface area contributed by atoms with Crippen molar-refractivity contribution in [1.29, 1.82) is 0 Å². The van der Waals surface area contributed by atoms with Gasteiger partial charge in [0.25, 0.3) is 0 Å². The largest absolute Gasteiger partial charge is 0.481 e. The third-order valence-electron chi connectivity index (χ3n) is 3.02. The summed E-state index contributed by atoms with van der Waals surface area (Å²) < 4.78 is 26.5. The van der Waals surface area contributed by atoms with Crippen molar-refractivity contribution in [2.45, 2.75) is 43.6 Å². The van der Waals surface area contributed by atoms with Gasteiger partial charge in [-0.2, -0.15) is 0 Å². The van der Waals surface area contributed by atoms with Crippen LogP contribution in [0.2, 0.25) is 0 Å². The van der Waals surface area contributed by atoms with Crippen molar-refractivity contribution in [1.82, 2.24) is 4.72 Å². The molecule has 0 radical (unpaired) electrons. The first-order chi connectivity index (χ1) is 9.66. The van der Waals surface area contributed by atoms with Gasteiger partial charge in [0, 0.05) is 6.54 Å². The van der Waals surface area contributed by atoms with E-state index >= 15 is 0 Å². The van der Waals surface area contributed by atoms with Crippen molar-refractivity contribution in [2.75, 3.05) is 6.54 Å². The lowest BCUT2D eigenvalue weighted by atomic mass is 10.0. The van der Waals surface area contributed by atoms with Crippen LogP contribution in [-0.2, 0) is 21.2 Å². The van der Waals surface area contributed by atoms with Gasteiger partial charge in [0.1, 0.15) is 0 Å². The van der Waals surface area contributed by atoms with E-state index < -0.39 is 21.6 Å². The van der Waals surface area contributed by atoms with Crippen LogP contribution in [0.3, 0.4) is 0 Å². The molecule has 0 saturated heterocycles. The van der Waals surface area contributed by atoms with Gasteiger partial charge in [-0.15, -0.1) is 0 Å². The summed E-state index contributed by atoms with van der Waals surface area (Å²) >= 11 is 0. The molecule has 1 aromatic carbocycles. The number of aliphatic carboxylic acids is 1. The molecule has 0 spiro atoms. The number of nitrogens with one attached hydrogen (secondary N) is 1. The van der Waals surface area contributed by atoms with Gasteiger partial charge in [0.2, 0.25) is 10.0 Å². The molecule has 0 aliphatic heterocycles. The number of hydrogen-bond acceptors (Lipinski definition) is 4. The fraction of sp³-hybridized carbons (Fsp3) is 0.500. The highest BCUT2D eigenvalue weighted by Crippen LogP contribution is 2.14. The predicted molar refractivity (Wildman–Crippen MR) is 78.5 cm³/mol. The van der Waals surface area contributed by atoms with E-state index in [4.69, 9.17) is 5.11 Å². The van der Waals surface area contributed by atoms with E-state index in [-0.39, 0.29) is 17.9 Å². The number of rotatable bonds is 8. The third-order valence-corrected chi connectivity index (χ3v) is 4.44. The Morgan fingerprint density at radius 1 is 1.29 bits per heavy atom. The molecule has 0 aromatic heterocycles. The Hall–Kier alpha value is -1.44. The Kier molecular flexibility index (Phi) is 5.88. The zero-order valence-corrected chi connectivity index (χ0v) is 13.0. The second-order valence-electron chi connectivity index (χ2n) is 5.29. The highest BCUT2D eigenvalue weighted by molar-refractivity contribution is 7.89. The molecule has 6 nitrogen and oxygen atoms in total. The van der Waals surface area contributed by atoms with Crippen LogP contribution in [0.1, 0.15) is 32.3 Å². The monoisotopic (exact) mass is 315 g/mol. The number of sulfonamides is 1. The fourth-order valence-electron chi connectivity index (χ4n) is 1.92. The van der Waals surface area contributed by atoms with E-state index in [0.29, 0.717) is 12.0 Å². The topological polar surface area (TPSA) is 104 Å². The minimum Gasteiger partial charge on any atom is -0.481 e. The van der Waals surface area contributed by atoms with E-state index in [1.54, 1.807) is 6.92 Å². The van der Waals surface area contributed by atoms with Crippen molar-refractivity contribution in [3.8, 4) is 0 Å². The van der Waals surface area contributed by atoms with Crippen molar-refractivity contribution < 1.29 is 23.4 Å². The Balaban J connectivity index is 2.76. The number of aliphatic hydroxyl groups is 1. The number of benzene rings is 1. The van der Waals surface area contributed by atoms with Gasteiger partial charge in [-0.1, -0.05) is 25.5 Å². The smallest absolute Gasteiger partial charge is 0.307 e. The average molecular weight is 315 g/mol. The first kappa shape index (κ1) is 17.6. The summed E-state index contributed by atoms with van der Waals surface area (Å²) in [4.78, 5) is 10.6. The molecule has 0 amide bonds. The third kappa shape index (κ3) is 5.82. The number of carboxylic acid groups (broad SMARTS) is 1. The summed E-state index contributed by atoms with van der Waals surface area (Å²) in [6.45, 7) is 3.42. The highest BCUT2D eigenvalue weighted by Gasteiger charge is 2.23. The SMILES string of the molecule is CCCC(C)(O)CNS(=O)(=O)c1ccc(CC(=O)O)cc1. The normalized spacial score (nSPS) is 14.6. The van der Waals surface area contributed by atoms with E-state index in [0.717, 1.165) is 6.42 Å².